The number of hydrogen-bond donors (Lipinski definition) is 0. The van der Waals surface area contributed by atoms with Crippen molar-refractivity contribution in [1.29, 1.82) is 0 Å². The van der Waals surface area contributed by atoms with Gasteiger partial charge in [0.1, 0.15) is 5.82 Å². The zero-order chi connectivity index (χ0) is 20.4. The maximum absolute atomic E-state index is 13.1. The lowest BCUT2D eigenvalue weighted by Gasteiger charge is -2.26. The van der Waals surface area contributed by atoms with Gasteiger partial charge >= 0.3 is 0 Å². The largest absolute Gasteiger partial charge is 0.337 e. The monoisotopic (exact) mass is 415 g/mol. The minimum absolute atomic E-state index is 0.107. The number of amides is 2. The molecule has 0 aliphatic carbocycles. The molecule has 4 rings (SSSR count). The molecule has 0 bridgehead atoms. The number of thiophene rings is 1. The van der Waals surface area contributed by atoms with Gasteiger partial charge in [-0.15, -0.1) is 11.3 Å². The van der Waals surface area contributed by atoms with Crippen molar-refractivity contribution >= 4 is 23.2 Å². The molecule has 0 N–H and O–H groups in total. The van der Waals surface area contributed by atoms with Gasteiger partial charge in [-0.1, -0.05) is 12.1 Å². The highest BCUT2D eigenvalue weighted by Crippen LogP contribution is 2.23. The van der Waals surface area contributed by atoms with Crippen molar-refractivity contribution < 1.29 is 14.0 Å². The van der Waals surface area contributed by atoms with Crippen molar-refractivity contribution in [2.24, 2.45) is 0 Å². The van der Waals surface area contributed by atoms with E-state index in [0.29, 0.717) is 19.6 Å². The van der Waals surface area contributed by atoms with E-state index in [4.69, 9.17) is 0 Å². The van der Waals surface area contributed by atoms with Crippen LogP contribution >= 0.6 is 11.3 Å². The van der Waals surface area contributed by atoms with Crippen molar-refractivity contribution in [3.63, 3.8) is 0 Å². The van der Waals surface area contributed by atoms with E-state index in [9.17, 15) is 14.0 Å². The van der Waals surface area contributed by atoms with Crippen molar-refractivity contribution in [2.75, 3.05) is 32.7 Å². The fraction of sp³-hybridized carbons (Fsp3) is 0.455. The van der Waals surface area contributed by atoms with Crippen LogP contribution in [0.4, 0.5) is 4.39 Å². The van der Waals surface area contributed by atoms with Crippen LogP contribution in [0.25, 0.3) is 0 Å². The lowest BCUT2D eigenvalue weighted by atomic mass is 10.2. The summed E-state index contributed by atoms with van der Waals surface area (Å²) >= 11 is 1.50. The summed E-state index contributed by atoms with van der Waals surface area (Å²) in [6.45, 7) is 6.14. The number of carbonyl (C=O) groups excluding carboxylic acids is 2. The number of benzene rings is 1. The van der Waals surface area contributed by atoms with E-state index in [2.05, 4.69) is 4.90 Å². The fourth-order valence-electron chi connectivity index (χ4n) is 4.22. The second kappa shape index (κ2) is 8.63. The average Bonchev–Trinajstić information content (AvgIpc) is 3.20. The normalized spacial score (nSPS) is 20.9. The molecule has 0 saturated carbocycles. The maximum atomic E-state index is 13.1. The molecule has 0 radical (unpaired) electrons. The zero-order valence-corrected chi connectivity index (χ0v) is 17.5. The quantitative estimate of drug-likeness (QED) is 0.771. The Bertz CT molecular complexity index is 882. The molecule has 1 aromatic heterocycles. The van der Waals surface area contributed by atoms with Gasteiger partial charge in [-0.25, -0.2) is 4.39 Å². The molecule has 2 fully saturated rings. The van der Waals surface area contributed by atoms with Gasteiger partial charge < -0.3 is 9.80 Å². The molecule has 1 atom stereocenters. The Morgan fingerprint density at radius 3 is 2.62 bits per heavy atom. The number of aryl methyl sites for hydroxylation is 1. The Morgan fingerprint density at radius 1 is 1.10 bits per heavy atom. The second-order valence-corrected chi connectivity index (χ2v) is 8.72. The van der Waals surface area contributed by atoms with Crippen LogP contribution in [0.1, 0.15) is 33.6 Å². The number of carbonyl (C=O) groups is 2. The molecule has 154 valence electrons. The first-order valence-electron chi connectivity index (χ1n) is 10.1. The average molecular weight is 416 g/mol. The standard InChI is InChI=1S/C22H26FN3O2S/c1-16-8-14-29-20(16)22(28)25-10-2-9-24(12-13-25)19-7-11-26(21(19)27)15-17-3-5-18(23)6-4-17/h3-6,8,14,19H,2,7,9-13,15H2,1H3/t19-/m0/s1. The smallest absolute Gasteiger partial charge is 0.264 e. The predicted molar refractivity (Wildman–Crippen MR) is 111 cm³/mol. The van der Waals surface area contributed by atoms with E-state index < -0.39 is 0 Å². The summed E-state index contributed by atoms with van der Waals surface area (Å²) in [5.41, 5.74) is 1.97. The molecule has 3 heterocycles. The Kier molecular flexibility index (Phi) is 5.96. The first kappa shape index (κ1) is 20.0. The molecule has 2 saturated heterocycles. The fourth-order valence-corrected chi connectivity index (χ4v) is 5.11. The van der Waals surface area contributed by atoms with Crippen LogP contribution in [0.5, 0.6) is 0 Å². The molecule has 0 unspecified atom stereocenters. The first-order valence-corrected chi connectivity index (χ1v) is 11.0. The van der Waals surface area contributed by atoms with Gasteiger partial charge in [0.05, 0.1) is 10.9 Å². The highest BCUT2D eigenvalue weighted by atomic mass is 32.1. The molecule has 2 aromatic rings. The van der Waals surface area contributed by atoms with Crippen LogP contribution in [0.15, 0.2) is 35.7 Å². The summed E-state index contributed by atoms with van der Waals surface area (Å²) in [4.78, 5) is 32.6. The molecule has 29 heavy (non-hydrogen) atoms. The van der Waals surface area contributed by atoms with Crippen molar-refractivity contribution in [1.82, 2.24) is 14.7 Å². The lowest BCUT2D eigenvalue weighted by molar-refractivity contribution is -0.132. The molecule has 7 heteroatoms. The van der Waals surface area contributed by atoms with E-state index in [1.54, 1.807) is 12.1 Å². The number of hydrogen-bond acceptors (Lipinski definition) is 4. The van der Waals surface area contributed by atoms with Crippen molar-refractivity contribution in [3.05, 3.63) is 57.5 Å². The van der Waals surface area contributed by atoms with E-state index >= 15 is 0 Å². The van der Waals surface area contributed by atoms with Gasteiger partial charge in [0.2, 0.25) is 5.91 Å². The number of likely N-dealkylation sites (tertiary alicyclic amines) is 1. The van der Waals surface area contributed by atoms with Crippen molar-refractivity contribution in [3.8, 4) is 0 Å². The summed E-state index contributed by atoms with van der Waals surface area (Å²) in [7, 11) is 0. The molecule has 0 spiro atoms. The Morgan fingerprint density at radius 2 is 1.90 bits per heavy atom. The Hall–Kier alpha value is -2.25. The summed E-state index contributed by atoms with van der Waals surface area (Å²) in [5.74, 6) is -0.0148. The van der Waals surface area contributed by atoms with Gasteiger partial charge in [0.25, 0.3) is 5.91 Å². The molecule has 2 aliphatic rings. The van der Waals surface area contributed by atoms with E-state index in [-0.39, 0.29) is 23.7 Å². The summed E-state index contributed by atoms with van der Waals surface area (Å²) in [6.07, 6.45) is 1.68. The molecular weight excluding hydrogens is 389 g/mol. The number of halogens is 1. The topological polar surface area (TPSA) is 43.9 Å². The second-order valence-electron chi connectivity index (χ2n) is 7.81. The van der Waals surface area contributed by atoms with Gasteiger partial charge in [-0.2, -0.15) is 0 Å². The van der Waals surface area contributed by atoms with E-state index in [1.807, 2.05) is 28.2 Å². The number of nitrogens with zero attached hydrogens (tertiary/aromatic N) is 3. The summed E-state index contributed by atoms with van der Waals surface area (Å²) in [6, 6.07) is 8.20. The minimum Gasteiger partial charge on any atom is -0.337 e. The zero-order valence-electron chi connectivity index (χ0n) is 16.6. The third kappa shape index (κ3) is 4.36. The molecule has 5 nitrogen and oxygen atoms in total. The molecule has 1 aromatic carbocycles. The third-order valence-electron chi connectivity index (χ3n) is 5.87. The van der Waals surface area contributed by atoms with E-state index in [0.717, 1.165) is 48.5 Å². The van der Waals surface area contributed by atoms with Crippen LogP contribution in [-0.4, -0.2) is 65.3 Å². The maximum Gasteiger partial charge on any atom is 0.264 e. The Labute approximate surface area is 174 Å². The predicted octanol–water partition coefficient (Wildman–Crippen LogP) is 3.14. The van der Waals surface area contributed by atoms with Crippen LogP contribution in [0.2, 0.25) is 0 Å². The molecular formula is C22H26FN3O2S. The SMILES string of the molecule is Cc1ccsc1C(=O)N1CCCN([C@H]2CCN(Cc3ccc(F)cc3)C2=O)CC1. The van der Waals surface area contributed by atoms with E-state index in [1.165, 1.54) is 23.5 Å². The summed E-state index contributed by atoms with van der Waals surface area (Å²) < 4.78 is 13.1. The first-order chi connectivity index (χ1) is 14.0. The molecule has 2 aliphatic heterocycles. The van der Waals surface area contributed by atoms with Crippen LogP contribution in [-0.2, 0) is 11.3 Å². The van der Waals surface area contributed by atoms with Gasteiger partial charge in [-0.05, 0) is 54.5 Å². The lowest BCUT2D eigenvalue weighted by Crippen LogP contribution is -2.44. The Balaban J connectivity index is 1.36. The molecule has 2 amide bonds. The van der Waals surface area contributed by atoms with Gasteiger partial charge in [-0.3, -0.25) is 14.5 Å². The minimum atomic E-state index is -0.263. The highest BCUT2D eigenvalue weighted by Gasteiger charge is 2.36. The summed E-state index contributed by atoms with van der Waals surface area (Å²) in [5, 5.41) is 1.96. The third-order valence-corrected chi connectivity index (χ3v) is 6.88. The van der Waals surface area contributed by atoms with Crippen LogP contribution in [0.3, 0.4) is 0 Å². The van der Waals surface area contributed by atoms with Crippen LogP contribution < -0.4 is 0 Å². The van der Waals surface area contributed by atoms with Crippen LogP contribution in [0, 0.1) is 12.7 Å². The van der Waals surface area contributed by atoms with Gasteiger partial charge in [0.15, 0.2) is 0 Å². The van der Waals surface area contributed by atoms with Crippen molar-refractivity contribution in [2.45, 2.75) is 32.4 Å². The highest BCUT2D eigenvalue weighted by molar-refractivity contribution is 7.12. The van der Waals surface area contributed by atoms with Gasteiger partial charge in [0, 0.05) is 39.3 Å². The number of rotatable bonds is 4.